The van der Waals surface area contributed by atoms with Crippen molar-refractivity contribution in [1.82, 2.24) is 15.2 Å². The minimum absolute atomic E-state index is 0.0684. The number of thiazole rings is 1. The molecule has 0 fully saturated rings. The van der Waals surface area contributed by atoms with Crippen molar-refractivity contribution < 1.29 is 29.0 Å². The van der Waals surface area contributed by atoms with Crippen LogP contribution in [-0.4, -0.2) is 66.1 Å². The van der Waals surface area contributed by atoms with E-state index >= 15 is 0 Å². The molecule has 2 N–H and O–H groups in total. The zero-order valence-corrected chi connectivity index (χ0v) is 23.3. The van der Waals surface area contributed by atoms with Crippen LogP contribution in [0.5, 0.6) is 11.5 Å². The van der Waals surface area contributed by atoms with Crippen molar-refractivity contribution in [2.45, 2.75) is 25.8 Å². The molecule has 0 unspecified atom stereocenters. The smallest absolute Gasteiger partial charge is 0.326 e. The molecule has 204 valence electrons. The molecule has 2 amide bonds. The average molecular weight is 570 g/mol. The number of aryl methyl sites for hydroxylation is 1. The number of carbonyl (C=O) groups is 3. The zero-order valence-electron chi connectivity index (χ0n) is 21.7. The van der Waals surface area contributed by atoms with Crippen LogP contribution in [0.4, 0.5) is 0 Å². The van der Waals surface area contributed by atoms with Crippen molar-refractivity contribution in [3.8, 4) is 11.5 Å². The first kappa shape index (κ1) is 28.1. The number of benzene rings is 2. The Balaban J connectivity index is 1.40. The summed E-state index contributed by atoms with van der Waals surface area (Å²) >= 11 is 7.69. The van der Waals surface area contributed by atoms with E-state index in [4.69, 9.17) is 21.1 Å². The van der Waals surface area contributed by atoms with Crippen molar-refractivity contribution >= 4 is 46.3 Å². The minimum atomic E-state index is -1.17. The maximum Gasteiger partial charge on any atom is 0.326 e. The summed E-state index contributed by atoms with van der Waals surface area (Å²) < 4.78 is 10.4. The lowest BCUT2D eigenvalue weighted by Crippen LogP contribution is -2.42. The van der Waals surface area contributed by atoms with Crippen LogP contribution in [0.2, 0.25) is 5.02 Å². The predicted molar refractivity (Wildman–Crippen MR) is 149 cm³/mol. The standard InChI is InChI=1S/C28H28ClN3O6S/c1-16-30-23(15-39-16)27(34)32-10-8-19(9-11-32)18-6-4-17(5-7-18)12-22(28(35)36)31-26(33)20-13-24(37-2)25(38-3)14-21(20)29/h4-8,13-15,22H,9-12H2,1-3H3,(H,31,33)(H,35,36)/t22-/m0/s1. The maximum atomic E-state index is 12.9. The number of hydrogen-bond donors (Lipinski definition) is 2. The number of rotatable bonds is 9. The molecule has 1 aliphatic heterocycles. The van der Waals surface area contributed by atoms with Crippen LogP contribution in [0, 0.1) is 6.92 Å². The van der Waals surface area contributed by atoms with Gasteiger partial charge in [0.1, 0.15) is 11.7 Å². The normalized spacial score (nSPS) is 13.8. The lowest BCUT2D eigenvalue weighted by molar-refractivity contribution is -0.139. The van der Waals surface area contributed by atoms with E-state index in [1.54, 1.807) is 10.3 Å². The highest BCUT2D eigenvalue weighted by atomic mass is 35.5. The highest BCUT2D eigenvalue weighted by Gasteiger charge is 2.25. The van der Waals surface area contributed by atoms with Gasteiger partial charge in [-0.05, 0) is 36.1 Å². The Bertz CT molecular complexity index is 1420. The van der Waals surface area contributed by atoms with Gasteiger partial charge in [-0.25, -0.2) is 9.78 Å². The Morgan fingerprint density at radius 3 is 2.41 bits per heavy atom. The molecule has 1 aliphatic rings. The Hall–Kier alpha value is -3.89. The molecule has 0 spiro atoms. The van der Waals surface area contributed by atoms with Crippen LogP contribution in [0.1, 0.15) is 43.4 Å². The van der Waals surface area contributed by atoms with Gasteiger partial charge in [-0.15, -0.1) is 11.3 Å². The van der Waals surface area contributed by atoms with Gasteiger partial charge in [-0.1, -0.05) is 41.9 Å². The van der Waals surface area contributed by atoms with Crippen molar-refractivity contribution in [3.63, 3.8) is 0 Å². The van der Waals surface area contributed by atoms with Crippen molar-refractivity contribution in [3.05, 3.63) is 80.3 Å². The molecule has 39 heavy (non-hydrogen) atoms. The topological polar surface area (TPSA) is 118 Å². The third-order valence-electron chi connectivity index (χ3n) is 6.42. The fourth-order valence-electron chi connectivity index (χ4n) is 4.29. The Labute approximate surface area is 235 Å². The summed E-state index contributed by atoms with van der Waals surface area (Å²) in [5.41, 5.74) is 3.43. The molecular formula is C28H28ClN3O6S. The number of nitrogens with zero attached hydrogens (tertiary/aromatic N) is 2. The molecule has 2 heterocycles. The van der Waals surface area contributed by atoms with E-state index < -0.39 is 17.9 Å². The first-order valence-corrected chi connectivity index (χ1v) is 13.4. The number of halogens is 1. The molecule has 2 aromatic carbocycles. The molecular weight excluding hydrogens is 542 g/mol. The van der Waals surface area contributed by atoms with E-state index in [0.717, 1.165) is 21.7 Å². The number of hydrogen-bond acceptors (Lipinski definition) is 7. The van der Waals surface area contributed by atoms with E-state index in [-0.39, 0.29) is 22.9 Å². The van der Waals surface area contributed by atoms with Gasteiger partial charge < -0.3 is 24.8 Å². The number of carbonyl (C=O) groups excluding carboxylic acids is 2. The second kappa shape index (κ2) is 12.3. The van der Waals surface area contributed by atoms with Crippen LogP contribution in [0.3, 0.4) is 0 Å². The quantitative estimate of drug-likeness (QED) is 0.390. The van der Waals surface area contributed by atoms with E-state index in [2.05, 4.69) is 10.3 Å². The van der Waals surface area contributed by atoms with Gasteiger partial charge in [-0.3, -0.25) is 9.59 Å². The number of aliphatic carboxylic acids is 1. The first-order chi connectivity index (χ1) is 18.7. The summed E-state index contributed by atoms with van der Waals surface area (Å²) in [6, 6.07) is 9.22. The monoisotopic (exact) mass is 569 g/mol. The number of amides is 2. The fourth-order valence-corrected chi connectivity index (χ4v) is 5.12. The second-order valence-electron chi connectivity index (χ2n) is 8.93. The molecule has 4 rings (SSSR count). The number of nitrogens with one attached hydrogen (secondary N) is 1. The highest BCUT2D eigenvalue weighted by molar-refractivity contribution is 7.09. The van der Waals surface area contributed by atoms with Crippen LogP contribution in [-0.2, 0) is 11.2 Å². The number of aromatic nitrogens is 1. The minimum Gasteiger partial charge on any atom is -0.493 e. The number of carboxylic acid groups (broad SMARTS) is 1. The van der Waals surface area contributed by atoms with Gasteiger partial charge >= 0.3 is 5.97 Å². The second-order valence-corrected chi connectivity index (χ2v) is 10.4. The number of methoxy groups -OCH3 is 2. The number of carboxylic acids is 1. The average Bonchev–Trinajstić information content (AvgIpc) is 3.38. The summed E-state index contributed by atoms with van der Waals surface area (Å²) in [7, 11) is 2.88. The highest BCUT2D eigenvalue weighted by Crippen LogP contribution is 2.33. The van der Waals surface area contributed by atoms with Crippen molar-refractivity contribution in [2.24, 2.45) is 0 Å². The Kier molecular flexibility index (Phi) is 8.88. The largest absolute Gasteiger partial charge is 0.493 e. The lowest BCUT2D eigenvalue weighted by Gasteiger charge is -2.26. The summed E-state index contributed by atoms with van der Waals surface area (Å²) in [4.78, 5) is 43.5. The predicted octanol–water partition coefficient (Wildman–Crippen LogP) is 4.48. The van der Waals surface area contributed by atoms with Crippen LogP contribution < -0.4 is 14.8 Å². The molecule has 0 saturated heterocycles. The van der Waals surface area contributed by atoms with Gasteiger partial charge in [-0.2, -0.15) is 0 Å². The molecule has 9 nitrogen and oxygen atoms in total. The first-order valence-electron chi connectivity index (χ1n) is 12.1. The Morgan fingerprint density at radius 2 is 1.85 bits per heavy atom. The molecule has 11 heteroatoms. The summed E-state index contributed by atoms with van der Waals surface area (Å²) in [6.07, 6.45) is 2.82. The molecule has 0 saturated carbocycles. The third-order valence-corrected chi connectivity index (χ3v) is 7.51. The lowest BCUT2D eigenvalue weighted by atomic mass is 9.96. The maximum absolute atomic E-state index is 12.9. The molecule has 0 radical (unpaired) electrons. The third kappa shape index (κ3) is 6.58. The fraction of sp³-hybridized carbons (Fsp3) is 0.286. The van der Waals surface area contributed by atoms with E-state index in [0.29, 0.717) is 36.7 Å². The van der Waals surface area contributed by atoms with Gasteiger partial charge in [0.05, 0.1) is 29.8 Å². The molecule has 0 bridgehead atoms. The summed E-state index contributed by atoms with van der Waals surface area (Å²) in [6.45, 7) is 2.97. The van der Waals surface area contributed by atoms with E-state index in [1.807, 2.05) is 37.3 Å². The SMILES string of the molecule is COc1cc(Cl)c(C(=O)N[C@@H](Cc2ccc(C3=CCN(C(=O)c4csc(C)n4)CC3)cc2)C(=O)O)cc1OC. The Morgan fingerprint density at radius 1 is 1.15 bits per heavy atom. The molecule has 0 aliphatic carbocycles. The summed E-state index contributed by atoms with van der Waals surface area (Å²) in [5.74, 6) is -1.21. The van der Waals surface area contributed by atoms with Crippen molar-refractivity contribution in [1.29, 1.82) is 0 Å². The van der Waals surface area contributed by atoms with Gasteiger partial charge in [0.15, 0.2) is 11.5 Å². The van der Waals surface area contributed by atoms with Crippen LogP contribution >= 0.6 is 22.9 Å². The van der Waals surface area contributed by atoms with Crippen LogP contribution in [0.25, 0.3) is 5.57 Å². The van der Waals surface area contributed by atoms with E-state index in [9.17, 15) is 19.5 Å². The van der Waals surface area contributed by atoms with E-state index in [1.165, 1.54) is 37.7 Å². The molecule has 1 aromatic heterocycles. The van der Waals surface area contributed by atoms with Crippen molar-refractivity contribution in [2.75, 3.05) is 27.3 Å². The number of ether oxygens (including phenoxy) is 2. The zero-order chi connectivity index (χ0) is 28.1. The van der Waals surface area contributed by atoms with Gasteiger partial charge in [0.2, 0.25) is 0 Å². The molecule has 3 aromatic rings. The van der Waals surface area contributed by atoms with Crippen LogP contribution in [0.15, 0.2) is 47.9 Å². The summed E-state index contributed by atoms with van der Waals surface area (Å²) in [5, 5.41) is 15.1. The van der Waals surface area contributed by atoms with Gasteiger partial charge in [0.25, 0.3) is 11.8 Å². The molecule has 1 atom stereocenters. The van der Waals surface area contributed by atoms with Gasteiger partial charge in [0, 0.05) is 31.0 Å².